The van der Waals surface area contributed by atoms with Gasteiger partial charge in [0.1, 0.15) is 12.3 Å². The van der Waals surface area contributed by atoms with Crippen molar-refractivity contribution in [1.82, 2.24) is 0 Å². The quantitative estimate of drug-likeness (QED) is 0.677. The third-order valence-electron chi connectivity index (χ3n) is 4.96. The van der Waals surface area contributed by atoms with Crippen molar-refractivity contribution in [3.05, 3.63) is 47.0 Å². The van der Waals surface area contributed by atoms with Gasteiger partial charge in [-0.05, 0) is 55.3 Å². The lowest BCUT2D eigenvalue weighted by Gasteiger charge is -2.23. The summed E-state index contributed by atoms with van der Waals surface area (Å²) in [6, 6.07) is 9.72. The number of amides is 2. The Labute approximate surface area is 186 Å². The zero-order chi connectivity index (χ0) is 22.8. The highest BCUT2D eigenvalue weighted by Gasteiger charge is 2.24. The second-order valence-corrected chi connectivity index (χ2v) is 9.60. The Bertz CT molecular complexity index is 1120. The monoisotopic (exact) mass is 465 g/mol. The van der Waals surface area contributed by atoms with Crippen molar-refractivity contribution in [2.45, 2.75) is 19.8 Å². The number of rotatable bonds is 7. The summed E-state index contributed by atoms with van der Waals surface area (Å²) in [6.07, 6.45) is 2.38. The van der Waals surface area contributed by atoms with Gasteiger partial charge in [-0.25, -0.2) is 8.42 Å². The lowest BCUT2D eigenvalue weighted by atomic mass is 10.1. The summed E-state index contributed by atoms with van der Waals surface area (Å²) in [5.74, 6) is -0.0287. The van der Waals surface area contributed by atoms with Gasteiger partial charge < -0.3 is 15.0 Å². The molecule has 2 amide bonds. The Morgan fingerprint density at radius 3 is 2.55 bits per heavy atom. The first kappa shape index (κ1) is 22.9. The molecular formula is C21H24ClN3O5S. The van der Waals surface area contributed by atoms with E-state index in [1.807, 2.05) is 6.92 Å². The fourth-order valence-corrected chi connectivity index (χ4v) is 4.58. The summed E-state index contributed by atoms with van der Waals surface area (Å²) in [6.45, 7) is 2.12. The minimum absolute atomic E-state index is 0.0850. The molecule has 0 unspecified atom stereocenters. The molecule has 1 fully saturated rings. The molecule has 0 bridgehead atoms. The standard InChI is InChI=1S/C21H24ClN3O5S/c1-14-11-15(6-8-18(14)24-10-4-5-21(24)27)23-20(26)13-25(31(3,28)29)16-7-9-19(30-2)17(22)12-16/h6-9,11-12H,4-5,10,13H2,1-3H3,(H,23,26). The Hall–Kier alpha value is -2.78. The van der Waals surface area contributed by atoms with Gasteiger partial charge in [0.25, 0.3) is 0 Å². The molecule has 0 saturated carbocycles. The molecule has 1 N–H and O–H groups in total. The summed E-state index contributed by atoms with van der Waals surface area (Å²) < 4.78 is 30.6. The Morgan fingerprint density at radius 1 is 1.26 bits per heavy atom. The van der Waals surface area contributed by atoms with Crippen LogP contribution in [0, 0.1) is 6.92 Å². The maximum absolute atomic E-state index is 12.6. The van der Waals surface area contributed by atoms with Gasteiger partial charge in [-0.15, -0.1) is 0 Å². The maximum atomic E-state index is 12.6. The van der Waals surface area contributed by atoms with Crippen molar-refractivity contribution in [2.75, 3.05) is 41.0 Å². The Kier molecular flexibility index (Phi) is 6.76. The second kappa shape index (κ2) is 9.15. The SMILES string of the molecule is COc1ccc(N(CC(=O)Nc2ccc(N3CCCC3=O)c(C)c2)S(C)(=O)=O)cc1Cl. The van der Waals surface area contributed by atoms with Gasteiger partial charge in [-0.1, -0.05) is 11.6 Å². The molecule has 3 rings (SSSR count). The van der Waals surface area contributed by atoms with E-state index in [1.165, 1.54) is 25.3 Å². The maximum Gasteiger partial charge on any atom is 0.245 e. The van der Waals surface area contributed by atoms with Gasteiger partial charge >= 0.3 is 0 Å². The van der Waals surface area contributed by atoms with E-state index in [4.69, 9.17) is 16.3 Å². The molecule has 0 aromatic heterocycles. The van der Waals surface area contributed by atoms with Gasteiger partial charge in [0.15, 0.2) is 0 Å². The van der Waals surface area contributed by atoms with Crippen molar-refractivity contribution in [3.63, 3.8) is 0 Å². The molecule has 0 atom stereocenters. The average molecular weight is 466 g/mol. The molecule has 0 aliphatic carbocycles. The van der Waals surface area contributed by atoms with Gasteiger partial charge in [-0.3, -0.25) is 13.9 Å². The number of aryl methyl sites for hydroxylation is 1. The first-order valence-corrected chi connectivity index (χ1v) is 11.8. The van der Waals surface area contributed by atoms with Gasteiger partial charge in [0, 0.05) is 24.3 Å². The normalized spacial score (nSPS) is 13.9. The molecule has 2 aromatic rings. The molecule has 1 aliphatic heterocycles. The fourth-order valence-electron chi connectivity index (χ4n) is 3.48. The number of hydrogen-bond acceptors (Lipinski definition) is 5. The number of halogens is 1. The first-order valence-electron chi connectivity index (χ1n) is 9.62. The second-order valence-electron chi connectivity index (χ2n) is 7.29. The van der Waals surface area contributed by atoms with E-state index in [0.29, 0.717) is 24.4 Å². The van der Waals surface area contributed by atoms with Crippen LogP contribution < -0.4 is 19.3 Å². The first-order chi connectivity index (χ1) is 14.6. The number of nitrogens with one attached hydrogen (secondary N) is 1. The van der Waals surface area contributed by atoms with Gasteiger partial charge in [-0.2, -0.15) is 0 Å². The van der Waals surface area contributed by atoms with Crippen molar-refractivity contribution in [3.8, 4) is 5.75 Å². The largest absolute Gasteiger partial charge is 0.495 e. The number of carbonyl (C=O) groups excluding carboxylic acids is 2. The molecule has 1 saturated heterocycles. The minimum atomic E-state index is -3.74. The van der Waals surface area contributed by atoms with E-state index in [-0.39, 0.29) is 16.6 Å². The molecule has 0 radical (unpaired) electrons. The van der Waals surface area contributed by atoms with E-state index in [1.54, 1.807) is 23.1 Å². The highest BCUT2D eigenvalue weighted by Crippen LogP contribution is 2.30. The summed E-state index contributed by atoms with van der Waals surface area (Å²) in [5.41, 5.74) is 2.42. The van der Waals surface area contributed by atoms with Crippen LogP contribution >= 0.6 is 11.6 Å². The fraction of sp³-hybridized carbons (Fsp3) is 0.333. The van der Waals surface area contributed by atoms with Gasteiger partial charge in [0.05, 0.1) is 24.1 Å². The van der Waals surface area contributed by atoms with Crippen LogP contribution in [0.5, 0.6) is 5.75 Å². The van der Waals surface area contributed by atoms with Crippen LogP contribution in [0.3, 0.4) is 0 Å². The van der Waals surface area contributed by atoms with E-state index < -0.39 is 22.5 Å². The molecule has 2 aromatic carbocycles. The molecule has 8 nitrogen and oxygen atoms in total. The highest BCUT2D eigenvalue weighted by atomic mass is 35.5. The number of benzene rings is 2. The van der Waals surface area contributed by atoms with E-state index in [0.717, 1.165) is 28.2 Å². The van der Waals surface area contributed by atoms with Crippen molar-refractivity contribution >= 4 is 50.5 Å². The molecule has 1 heterocycles. The molecule has 1 aliphatic rings. The molecular weight excluding hydrogens is 442 g/mol. The predicted molar refractivity (Wildman–Crippen MR) is 122 cm³/mol. The van der Waals surface area contributed by atoms with Crippen LogP contribution in [-0.4, -0.2) is 46.7 Å². The molecule has 10 heteroatoms. The number of methoxy groups -OCH3 is 1. The van der Waals surface area contributed by atoms with E-state index >= 15 is 0 Å². The smallest absolute Gasteiger partial charge is 0.245 e. The lowest BCUT2D eigenvalue weighted by molar-refractivity contribution is -0.117. The summed E-state index contributed by atoms with van der Waals surface area (Å²) >= 11 is 6.11. The number of ether oxygens (including phenoxy) is 1. The third-order valence-corrected chi connectivity index (χ3v) is 6.39. The zero-order valence-corrected chi connectivity index (χ0v) is 19.1. The number of nitrogens with zero attached hydrogens (tertiary/aromatic N) is 2. The lowest BCUT2D eigenvalue weighted by Crippen LogP contribution is -2.37. The molecule has 0 spiro atoms. The summed E-state index contributed by atoms with van der Waals surface area (Å²) in [7, 11) is -2.29. The topological polar surface area (TPSA) is 96.0 Å². The number of carbonyl (C=O) groups is 2. The van der Waals surface area contributed by atoms with Crippen LogP contribution in [0.4, 0.5) is 17.1 Å². The van der Waals surface area contributed by atoms with Crippen molar-refractivity contribution in [1.29, 1.82) is 0 Å². The third kappa shape index (κ3) is 5.29. The summed E-state index contributed by atoms with van der Waals surface area (Å²) in [5, 5.41) is 2.95. The van der Waals surface area contributed by atoms with Crippen LogP contribution in [-0.2, 0) is 19.6 Å². The van der Waals surface area contributed by atoms with Gasteiger partial charge in [0.2, 0.25) is 21.8 Å². The average Bonchev–Trinajstić information content (AvgIpc) is 3.11. The van der Waals surface area contributed by atoms with E-state index in [9.17, 15) is 18.0 Å². The minimum Gasteiger partial charge on any atom is -0.495 e. The van der Waals surface area contributed by atoms with Crippen LogP contribution in [0.1, 0.15) is 18.4 Å². The predicted octanol–water partition coefficient (Wildman–Crippen LogP) is 3.19. The molecule has 166 valence electrons. The van der Waals surface area contributed by atoms with Crippen LogP contribution in [0.15, 0.2) is 36.4 Å². The number of sulfonamides is 1. The van der Waals surface area contributed by atoms with Crippen LogP contribution in [0.25, 0.3) is 0 Å². The number of hydrogen-bond donors (Lipinski definition) is 1. The Balaban J connectivity index is 1.76. The Morgan fingerprint density at radius 2 is 2.00 bits per heavy atom. The van der Waals surface area contributed by atoms with Crippen LogP contribution in [0.2, 0.25) is 5.02 Å². The number of anilines is 3. The van der Waals surface area contributed by atoms with Crippen molar-refractivity contribution < 1.29 is 22.7 Å². The summed E-state index contributed by atoms with van der Waals surface area (Å²) in [4.78, 5) is 26.3. The van der Waals surface area contributed by atoms with Crippen molar-refractivity contribution in [2.24, 2.45) is 0 Å². The highest BCUT2D eigenvalue weighted by molar-refractivity contribution is 7.92. The molecule has 31 heavy (non-hydrogen) atoms. The van der Waals surface area contributed by atoms with E-state index in [2.05, 4.69) is 5.32 Å². The zero-order valence-electron chi connectivity index (χ0n) is 17.5.